The summed E-state index contributed by atoms with van der Waals surface area (Å²) < 4.78 is 5.48. The average molecular weight is 348 g/mol. The number of hydrogen-bond donors (Lipinski definition) is 3. The van der Waals surface area contributed by atoms with Crippen molar-refractivity contribution in [1.29, 1.82) is 0 Å². The summed E-state index contributed by atoms with van der Waals surface area (Å²) in [7, 11) is 0. The second-order valence-corrected chi connectivity index (χ2v) is 5.82. The van der Waals surface area contributed by atoms with Gasteiger partial charge in [0.15, 0.2) is 5.96 Å². The largest absolute Gasteiger partial charge is 0.489 e. The van der Waals surface area contributed by atoms with E-state index in [2.05, 4.69) is 15.6 Å². The molecule has 124 valence electrons. The smallest absolute Gasteiger partial charge is 0.191 e. The number of benzene rings is 1. The fraction of sp³-hybridized carbons (Fsp3) is 0.533. The minimum absolute atomic E-state index is 0.0879. The van der Waals surface area contributed by atoms with Crippen LogP contribution in [-0.2, 0) is 0 Å². The molecule has 0 aliphatic heterocycles. The Bertz CT molecular complexity index is 496. The van der Waals surface area contributed by atoms with Crippen LogP contribution in [0.4, 0.5) is 0 Å². The summed E-state index contributed by atoms with van der Waals surface area (Å²) in [6.07, 6.45) is -0.738. The maximum Gasteiger partial charge on any atom is 0.191 e. The molecule has 0 aromatic heterocycles. The lowest BCUT2D eigenvalue weighted by Crippen LogP contribution is -2.41. The topological polar surface area (TPSA) is 65.9 Å². The molecule has 0 aliphatic carbocycles. The fourth-order valence-corrected chi connectivity index (χ4v) is 1.97. The lowest BCUT2D eigenvalue weighted by molar-refractivity contribution is 0.114. The fourth-order valence-electron chi connectivity index (χ4n) is 1.62. The monoisotopic (exact) mass is 347 g/mol. The molecule has 5 nitrogen and oxygen atoms in total. The second kappa shape index (κ2) is 9.77. The van der Waals surface area contributed by atoms with E-state index in [1.54, 1.807) is 18.2 Å². The summed E-state index contributed by atoms with van der Waals surface area (Å²) in [5.41, 5.74) is 0. The number of hydrogen-bond acceptors (Lipinski definition) is 3. The zero-order chi connectivity index (χ0) is 16.5. The molecule has 0 saturated carbocycles. The Balaban J connectivity index is 2.51. The van der Waals surface area contributed by atoms with Crippen molar-refractivity contribution >= 4 is 29.2 Å². The summed E-state index contributed by atoms with van der Waals surface area (Å²) in [6, 6.07) is 5.38. The average Bonchev–Trinajstić information content (AvgIpc) is 2.46. The van der Waals surface area contributed by atoms with Gasteiger partial charge in [-0.1, -0.05) is 29.3 Å². The number of rotatable bonds is 7. The Morgan fingerprint density at radius 1 is 1.36 bits per heavy atom. The van der Waals surface area contributed by atoms with Gasteiger partial charge in [0.05, 0.1) is 11.6 Å². The summed E-state index contributed by atoms with van der Waals surface area (Å²) in [5, 5.41) is 17.0. The van der Waals surface area contributed by atoms with Gasteiger partial charge in [-0.05, 0) is 32.9 Å². The first-order valence-corrected chi connectivity index (χ1v) is 7.99. The molecule has 22 heavy (non-hydrogen) atoms. The number of halogens is 2. The van der Waals surface area contributed by atoms with Crippen LogP contribution in [0, 0.1) is 0 Å². The predicted octanol–water partition coefficient (Wildman–Crippen LogP) is 2.70. The van der Waals surface area contributed by atoms with Gasteiger partial charge in [0.2, 0.25) is 0 Å². The van der Waals surface area contributed by atoms with Crippen molar-refractivity contribution < 1.29 is 9.84 Å². The van der Waals surface area contributed by atoms with E-state index in [-0.39, 0.29) is 19.2 Å². The van der Waals surface area contributed by atoms with Crippen molar-refractivity contribution in [3.8, 4) is 5.75 Å². The van der Waals surface area contributed by atoms with E-state index in [0.29, 0.717) is 21.8 Å². The zero-order valence-electron chi connectivity index (χ0n) is 13.1. The number of nitrogens with one attached hydrogen (secondary N) is 2. The highest BCUT2D eigenvalue weighted by Gasteiger charge is 2.09. The molecule has 7 heteroatoms. The molecule has 0 fully saturated rings. The van der Waals surface area contributed by atoms with Gasteiger partial charge in [-0.15, -0.1) is 0 Å². The van der Waals surface area contributed by atoms with E-state index in [9.17, 15) is 5.11 Å². The zero-order valence-corrected chi connectivity index (χ0v) is 14.6. The van der Waals surface area contributed by atoms with E-state index in [1.165, 1.54) is 0 Å². The molecular weight excluding hydrogens is 325 g/mol. The molecule has 1 aromatic rings. The number of aliphatic imine (C=N–C) groups is 1. The van der Waals surface area contributed by atoms with E-state index in [1.807, 2.05) is 20.8 Å². The van der Waals surface area contributed by atoms with Crippen molar-refractivity contribution in [2.24, 2.45) is 4.99 Å². The Labute approximate surface area is 141 Å². The minimum Gasteiger partial charge on any atom is -0.489 e. The van der Waals surface area contributed by atoms with E-state index >= 15 is 0 Å². The van der Waals surface area contributed by atoms with E-state index in [0.717, 1.165) is 6.54 Å². The Kier molecular flexibility index (Phi) is 8.38. The summed E-state index contributed by atoms with van der Waals surface area (Å²) in [6.45, 7) is 7.09. The van der Waals surface area contributed by atoms with Crippen LogP contribution < -0.4 is 15.4 Å². The van der Waals surface area contributed by atoms with E-state index < -0.39 is 6.10 Å². The maximum atomic E-state index is 9.96. The Morgan fingerprint density at radius 3 is 2.73 bits per heavy atom. The highest BCUT2D eigenvalue weighted by Crippen LogP contribution is 2.31. The number of guanidine groups is 1. The third-order valence-corrected chi connectivity index (χ3v) is 3.38. The molecule has 3 N–H and O–H groups in total. The molecule has 0 aliphatic rings. The van der Waals surface area contributed by atoms with Crippen LogP contribution in [0.2, 0.25) is 10.0 Å². The van der Waals surface area contributed by atoms with E-state index in [4.69, 9.17) is 27.9 Å². The highest BCUT2D eigenvalue weighted by atomic mass is 35.5. The quantitative estimate of drug-likeness (QED) is 0.524. The van der Waals surface area contributed by atoms with Crippen LogP contribution in [0.3, 0.4) is 0 Å². The van der Waals surface area contributed by atoms with Crippen molar-refractivity contribution in [1.82, 2.24) is 10.6 Å². The first-order valence-electron chi connectivity index (χ1n) is 7.23. The van der Waals surface area contributed by atoms with Crippen LogP contribution in [0.15, 0.2) is 23.2 Å². The normalized spacial score (nSPS) is 13.1. The third-order valence-electron chi connectivity index (χ3n) is 2.58. The van der Waals surface area contributed by atoms with Gasteiger partial charge in [-0.3, -0.25) is 4.99 Å². The number of aliphatic hydroxyl groups is 1. The van der Waals surface area contributed by atoms with Gasteiger partial charge in [0.25, 0.3) is 0 Å². The molecule has 1 unspecified atom stereocenters. The highest BCUT2D eigenvalue weighted by molar-refractivity contribution is 6.42. The van der Waals surface area contributed by atoms with Crippen LogP contribution in [0.5, 0.6) is 5.75 Å². The Morgan fingerprint density at radius 2 is 2.09 bits per heavy atom. The molecule has 0 bridgehead atoms. The van der Waals surface area contributed by atoms with Gasteiger partial charge in [-0.2, -0.15) is 0 Å². The standard InChI is InChI=1S/C15H23Cl2N3O2/c1-4-18-15(20-10(2)3)19-8-11(21)9-22-13-7-5-6-12(16)14(13)17/h5-7,10-11,21H,4,8-9H2,1-3H3,(H2,18,19,20). The van der Waals surface area contributed by atoms with Gasteiger partial charge < -0.3 is 20.5 Å². The van der Waals surface area contributed by atoms with Crippen LogP contribution in [-0.4, -0.2) is 42.9 Å². The number of nitrogens with zero attached hydrogens (tertiary/aromatic N) is 1. The van der Waals surface area contributed by atoms with Gasteiger partial charge >= 0.3 is 0 Å². The van der Waals surface area contributed by atoms with Gasteiger partial charge in [0.1, 0.15) is 23.5 Å². The maximum absolute atomic E-state index is 9.96. The van der Waals surface area contributed by atoms with Gasteiger partial charge in [-0.25, -0.2) is 0 Å². The van der Waals surface area contributed by atoms with Crippen molar-refractivity contribution in [3.05, 3.63) is 28.2 Å². The lowest BCUT2D eigenvalue weighted by atomic mass is 10.3. The molecular formula is C15H23Cl2N3O2. The molecule has 0 spiro atoms. The molecule has 1 rings (SSSR count). The van der Waals surface area contributed by atoms with Crippen LogP contribution >= 0.6 is 23.2 Å². The van der Waals surface area contributed by atoms with Crippen molar-refractivity contribution in [2.75, 3.05) is 19.7 Å². The summed E-state index contributed by atoms with van der Waals surface area (Å²) >= 11 is 11.9. The molecule has 1 aromatic carbocycles. The van der Waals surface area contributed by atoms with Crippen LogP contribution in [0.25, 0.3) is 0 Å². The predicted molar refractivity (Wildman–Crippen MR) is 92.2 cm³/mol. The second-order valence-electron chi connectivity index (χ2n) is 5.04. The summed E-state index contributed by atoms with van der Waals surface area (Å²) in [5.74, 6) is 1.11. The number of aliphatic hydroxyl groups excluding tert-OH is 1. The number of ether oxygens (including phenoxy) is 1. The first-order chi connectivity index (χ1) is 10.4. The molecule has 1 atom stereocenters. The lowest BCUT2D eigenvalue weighted by Gasteiger charge is -2.16. The molecule has 0 saturated heterocycles. The van der Waals surface area contributed by atoms with Gasteiger partial charge in [0, 0.05) is 12.6 Å². The Hall–Kier alpha value is -1.17. The van der Waals surface area contributed by atoms with Crippen molar-refractivity contribution in [2.45, 2.75) is 32.9 Å². The molecule has 0 radical (unpaired) electrons. The summed E-state index contributed by atoms with van der Waals surface area (Å²) in [4.78, 5) is 4.31. The van der Waals surface area contributed by atoms with Crippen LogP contribution in [0.1, 0.15) is 20.8 Å². The first kappa shape index (κ1) is 18.9. The molecule has 0 amide bonds. The van der Waals surface area contributed by atoms with Crippen molar-refractivity contribution in [3.63, 3.8) is 0 Å². The minimum atomic E-state index is -0.738. The molecule has 0 heterocycles. The SMILES string of the molecule is CCNC(=NCC(O)COc1cccc(Cl)c1Cl)NC(C)C. The third kappa shape index (κ3) is 6.73.